The van der Waals surface area contributed by atoms with Crippen LogP contribution in [0.2, 0.25) is 0 Å². The zero-order valence-electron chi connectivity index (χ0n) is 10.9. The van der Waals surface area contributed by atoms with Crippen LogP contribution in [0.3, 0.4) is 0 Å². The van der Waals surface area contributed by atoms with Gasteiger partial charge in [0.1, 0.15) is 0 Å². The number of nitrogens with zero attached hydrogens (tertiary/aromatic N) is 1. The van der Waals surface area contributed by atoms with Crippen LogP contribution in [-0.2, 0) is 0 Å². The molecule has 20 heavy (non-hydrogen) atoms. The molecule has 2 rings (SSSR count). The quantitative estimate of drug-likeness (QED) is 0.362. The Morgan fingerprint density at radius 1 is 1.10 bits per heavy atom. The van der Waals surface area contributed by atoms with Gasteiger partial charge in [0.15, 0.2) is 5.78 Å². The van der Waals surface area contributed by atoms with E-state index in [2.05, 4.69) is 0 Å². The number of rotatable bonds is 5. The first-order valence-electron chi connectivity index (χ1n) is 6.03. The molecule has 2 aromatic rings. The van der Waals surface area contributed by atoms with E-state index in [1.54, 1.807) is 12.1 Å². The van der Waals surface area contributed by atoms with Crippen molar-refractivity contribution in [2.24, 2.45) is 0 Å². The SMILES string of the molecule is Cc1ccc(C(=O)CSc2ccc([N+](=O)[O-])cc2)cc1. The molecule has 5 heteroatoms. The van der Waals surface area contributed by atoms with Crippen molar-refractivity contribution in [1.82, 2.24) is 0 Å². The standard InChI is InChI=1S/C15H13NO3S/c1-11-2-4-12(5-3-11)15(17)10-20-14-8-6-13(7-9-14)16(18)19/h2-9H,10H2,1H3. The molecule has 0 spiro atoms. The number of non-ortho nitro benzene ring substituents is 1. The molecule has 4 nitrogen and oxygen atoms in total. The minimum atomic E-state index is -0.439. The zero-order valence-corrected chi connectivity index (χ0v) is 11.7. The van der Waals surface area contributed by atoms with E-state index in [-0.39, 0.29) is 11.5 Å². The molecule has 0 fully saturated rings. The Morgan fingerprint density at radius 3 is 2.25 bits per heavy atom. The van der Waals surface area contributed by atoms with Crippen molar-refractivity contribution >= 4 is 23.2 Å². The van der Waals surface area contributed by atoms with E-state index in [9.17, 15) is 14.9 Å². The van der Waals surface area contributed by atoms with Crippen LogP contribution >= 0.6 is 11.8 Å². The summed E-state index contributed by atoms with van der Waals surface area (Å²) in [5, 5.41) is 10.5. The van der Waals surface area contributed by atoms with E-state index >= 15 is 0 Å². The molecule has 0 heterocycles. The fourth-order valence-corrected chi connectivity index (χ4v) is 2.43. The van der Waals surface area contributed by atoms with Gasteiger partial charge in [-0.3, -0.25) is 14.9 Å². The van der Waals surface area contributed by atoms with Crippen LogP contribution in [0.1, 0.15) is 15.9 Å². The van der Waals surface area contributed by atoms with Crippen LogP contribution < -0.4 is 0 Å². The van der Waals surface area contributed by atoms with E-state index in [1.807, 2.05) is 31.2 Å². The Kier molecular flexibility index (Phi) is 4.53. The van der Waals surface area contributed by atoms with Crippen molar-refractivity contribution < 1.29 is 9.72 Å². The first-order valence-corrected chi connectivity index (χ1v) is 7.02. The van der Waals surface area contributed by atoms with Gasteiger partial charge >= 0.3 is 0 Å². The van der Waals surface area contributed by atoms with Gasteiger partial charge in [0.2, 0.25) is 0 Å². The van der Waals surface area contributed by atoms with Crippen molar-refractivity contribution in [1.29, 1.82) is 0 Å². The minimum Gasteiger partial charge on any atom is -0.293 e. The average molecular weight is 287 g/mol. The summed E-state index contributed by atoms with van der Waals surface area (Å²) in [6.45, 7) is 1.97. The first kappa shape index (κ1) is 14.3. The molecule has 0 aliphatic rings. The Morgan fingerprint density at radius 2 is 1.70 bits per heavy atom. The van der Waals surface area contributed by atoms with Crippen molar-refractivity contribution in [3.05, 3.63) is 69.8 Å². The number of hydrogen-bond acceptors (Lipinski definition) is 4. The predicted molar refractivity (Wildman–Crippen MR) is 79.3 cm³/mol. The lowest BCUT2D eigenvalue weighted by Gasteiger charge is -2.02. The van der Waals surface area contributed by atoms with Gasteiger partial charge in [0.05, 0.1) is 10.7 Å². The maximum atomic E-state index is 12.0. The number of ketones is 1. The molecule has 0 saturated carbocycles. The van der Waals surface area contributed by atoms with E-state index in [0.717, 1.165) is 10.5 Å². The van der Waals surface area contributed by atoms with Gasteiger partial charge in [-0.05, 0) is 19.1 Å². The third-order valence-electron chi connectivity index (χ3n) is 2.79. The van der Waals surface area contributed by atoms with E-state index < -0.39 is 4.92 Å². The Balaban J connectivity index is 1.96. The highest BCUT2D eigenvalue weighted by Crippen LogP contribution is 2.22. The van der Waals surface area contributed by atoms with Crippen LogP contribution in [0.15, 0.2) is 53.4 Å². The van der Waals surface area contributed by atoms with Crippen molar-refractivity contribution in [2.45, 2.75) is 11.8 Å². The summed E-state index contributed by atoms with van der Waals surface area (Å²) in [5.74, 6) is 0.370. The molecule has 0 aliphatic heterocycles. The highest BCUT2D eigenvalue weighted by Gasteiger charge is 2.08. The average Bonchev–Trinajstić information content (AvgIpc) is 2.46. The molecule has 0 saturated heterocycles. The maximum absolute atomic E-state index is 12.0. The molecule has 0 aromatic heterocycles. The number of carbonyl (C=O) groups excluding carboxylic acids is 1. The zero-order chi connectivity index (χ0) is 14.5. The fraction of sp³-hybridized carbons (Fsp3) is 0.133. The van der Waals surface area contributed by atoms with E-state index in [1.165, 1.54) is 23.9 Å². The number of aryl methyl sites for hydroxylation is 1. The lowest BCUT2D eigenvalue weighted by Crippen LogP contribution is -2.02. The summed E-state index contributed by atoms with van der Waals surface area (Å²) in [6, 6.07) is 13.6. The van der Waals surface area contributed by atoms with Gasteiger partial charge < -0.3 is 0 Å². The van der Waals surface area contributed by atoms with Crippen molar-refractivity contribution in [2.75, 3.05) is 5.75 Å². The summed E-state index contributed by atoms with van der Waals surface area (Å²) in [4.78, 5) is 22.9. The number of nitro benzene ring substituents is 1. The van der Waals surface area contributed by atoms with Crippen molar-refractivity contribution in [3.8, 4) is 0 Å². The molecule has 0 amide bonds. The van der Waals surface area contributed by atoms with Crippen LogP contribution in [-0.4, -0.2) is 16.5 Å². The van der Waals surface area contributed by atoms with Gasteiger partial charge in [0.25, 0.3) is 5.69 Å². The molecule has 0 N–H and O–H groups in total. The highest BCUT2D eigenvalue weighted by atomic mass is 32.2. The molecule has 0 radical (unpaired) electrons. The Hall–Kier alpha value is -2.14. The molecular weight excluding hydrogens is 274 g/mol. The molecule has 102 valence electrons. The largest absolute Gasteiger partial charge is 0.293 e. The van der Waals surface area contributed by atoms with Gasteiger partial charge in [-0.25, -0.2) is 0 Å². The number of Topliss-reactive ketones (excluding diaryl/α,β-unsaturated/α-hetero) is 1. The number of carbonyl (C=O) groups is 1. The second kappa shape index (κ2) is 6.34. The smallest absolute Gasteiger partial charge is 0.269 e. The Bertz CT molecular complexity index is 621. The summed E-state index contributed by atoms with van der Waals surface area (Å²) in [6.07, 6.45) is 0. The summed E-state index contributed by atoms with van der Waals surface area (Å²) >= 11 is 1.38. The number of hydrogen-bond donors (Lipinski definition) is 0. The normalized spacial score (nSPS) is 10.2. The summed E-state index contributed by atoms with van der Waals surface area (Å²) in [7, 11) is 0. The monoisotopic (exact) mass is 287 g/mol. The van der Waals surface area contributed by atoms with Gasteiger partial charge in [0, 0.05) is 22.6 Å². The third-order valence-corrected chi connectivity index (χ3v) is 3.80. The molecule has 0 atom stereocenters. The summed E-state index contributed by atoms with van der Waals surface area (Å²) in [5.41, 5.74) is 1.86. The molecule has 0 unspecified atom stereocenters. The topological polar surface area (TPSA) is 60.2 Å². The number of nitro groups is 1. The molecule has 0 bridgehead atoms. The second-order valence-corrected chi connectivity index (χ2v) is 5.38. The van der Waals surface area contributed by atoms with Gasteiger partial charge in [-0.2, -0.15) is 0 Å². The minimum absolute atomic E-state index is 0.0494. The third kappa shape index (κ3) is 3.68. The Labute approximate surface area is 121 Å². The van der Waals surface area contributed by atoms with Gasteiger partial charge in [-0.15, -0.1) is 11.8 Å². The molecule has 2 aromatic carbocycles. The van der Waals surface area contributed by atoms with Crippen LogP contribution in [0.5, 0.6) is 0 Å². The maximum Gasteiger partial charge on any atom is 0.269 e. The fourth-order valence-electron chi connectivity index (χ4n) is 1.64. The summed E-state index contributed by atoms with van der Waals surface area (Å²) < 4.78 is 0. The highest BCUT2D eigenvalue weighted by molar-refractivity contribution is 8.00. The van der Waals surface area contributed by atoms with Gasteiger partial charge in [-0.1, -0.05) is 29.8 Å². The van der Waals surface area contributed by atoms with Crippen LogP contribution in [0, 0.1) is 17.0 Å². The molecular formula is C15H13NO3S. The van der Waals surface area contributed by atoms with E-state index in [0.29, 0.717) is 11.3 Å². The number of thioether (sulfide) groups is 1. The lowest BCUT2D eigenvalue weighted by molar-refractivity contribution is -0.384. The van der Waals surface area contributed by atoms with Crippen LogP contribution in [0.25, 0.3) is 0 Å². The predicted octanol–water partition coefficient (Wildman–Crippen LogP) is 3.88. The van der Waals surface area contributed by atoms with Crippen LogP contribution in [0.4, 0.5) is 5.69 Å². The van der Waals surface area contributed by atoms with E-state index in [4.69, 9.17) is 0 Å². The molecule has 0 aliphatic carbocycles. The number of benzene rings is 2. The lowest BCUT2D eigenvalue weighted by atomic mass is 10.1. The van der Waals surface area contributed by atoms with Crippen molar-refractivity contribution in [3.63, 3.8) is 0 Å². The first-order chi connectivity index (χ1) is 9.56. The second-order valence-electron chi connectivity index (χ2n) is 4.33.